The first kappa shape index (κ1) is 7.35. The Labute approximate surface area is 51.7 Å². The third-order valence-electron chi connectivity index (χ3n) is 1.43. The average molecular weight is 118 g/mol. The van der Waals surface area contributed by atoms with Gasteiger partial charge in [0.25, 0.3) is 0 Å². The summed E-state index contributed by atoms with van der Waals surface area (Å²) in [4.78, 5) is 0. The molecule has 0 saturated carbocycles. The van der Waals surface area contributed by atoms with Crippen LogP contribution in [0.2, 0.25) is 0 Å². The van der Waals surface area contributed by atoms with Crippen LogP contribution in [0.15, 0.2) is 0 Å². The van der Waals surface area contributed by atoms with E-state index in [4.69, 9.17) is 0 Å². The summed E-state index contributed by atoms with van der Waals surface area (Å²) in [5, 5.41) is 0. The first-order valence-electron chi connectivity index (χ1n) is 2.79. The Morgan fingerprint density at radius 2 is 1.71 bits per heavy atom. The Balaban J connectivity index is 3.14. The molecular weight excluding hydrogens is 104 g/mol. The Hall–Kier alpha value is 0.350. The van der Waals surface area contributed by atoms with Crippen molar-refractivity contribution in [3.8, 4) is 0 Å². The van der Waals surface area contributed by atoms with E-state index >= 15 is 0 Å². The molecule has 0 amide bonds. The molecule has 0 bridgehead atoms. The first-order valence-corrected chi connectivity index (χ1v) is 3.42. The van der Waals surface area contributed by atoms with Crippen LogP contribution in [0.4, 0.5) is 0 Å². The van der Waals surface area contributed by atoms with Crippen LogP contribution in [-0.4, -0.2) is 5.75 Å². The van der Waals surface area contributed by atoms with E-state index in [2.05, 4.69) is 33.4 Å². The van der Waals surface area contributed by atoms with Crippen molar-refractivity contribution in [3.05, 3.63) is 0 Å². The maximum Gasteiger partial charge on any atom is -0.00697 e. The highest BCUT2D eigenvalue weighted by Crippen LogP contribution is 2.09. The van der Waals surface area contributed by atoms with Gasteiger partial charge in [0.1, 0.15) is 0 Å². The van der Waals surface area contributed by atoms with E-state index in [1.54, 1.807) is 0 Å². The lowest BCUT2D eigenvalue weighted by Crippen LogP contribution is -2.04. The molecule has 0 aromatic heterocycles. The first-order chi connectivity index (χ1) is 3.18. The van der Waals surface area contributed by atoms with Crippen molar-refractivity contribution in [3.63, 3.8) is 0 Å². The second kappa shape index (κ2) is 3.36. The summed E-state index contributed by atoms with van der Waals surface area (Å²) < 4.78 is 0. The molecular formula is C6H14S. The van der Waals surface area contributed by atoms with Gasteiger partial charge < -0.3 is 0 Å². The van der Waals surface area contributed by atoms with Gasteiger partial charge in [-0.3, -0.25) is 0 Å². The molecule has 7 heavy (non-hydrogen) atoms. The van der Waals surface area contributed by atoms with Gasteiger partial charge in [-0.15, -0.1) is 0 Å². The maximum absolute atomic E-state index is 4.15. The van der Waals surface area contributed by atoms with E-state index in [1.165, 1.54) is 0 Å². The molecule has 0 N–H and O–H groups in total. The van der Waals surface area contributed by atoms with E-state index in [0.29, 0.717) is 0 Å². The zero-order valence-electron chi connectivity index (χ0n) is 5.31. The number of hydrogen-bond donors (Lipinski definition) is 1. The minimum atomic E-state index is 0.767. The van der Waals surface area contributed by atoms with E-state index < -0.39 is 0 Å². The van der Waals surface area contributed by atoms with Crippen molar-refractivity contribution in [1.82, 2.24) is 0 Å². The average Bonchev–Trinajstić information content (AvgIpc) is 1.65. The van der Waals surface area contributed by atoms with Crippen LogP contribution >= 0.6 is 12.6 Å². The zero-order chi connectivity index (χ0) is 5.86. The summed E-state index contributed by atoms with van der Waals surface area (Å²) in [6, 6.07) is 0. The molecule has 1 heteroatoms. The number of rotatable bonds is 2. The molecule has 0 heterocycles. The Kier molecular flexibility index (Phi) is 3.53. The standard InChI is InChI=1S/C6H14S/c1-5(2)6(3)4-7/h5-7H,4H2,1-3H3. The minimum Gasteiger partial charge on any atom is -0.179 e. The van der Waals surface area contributed by atoms with Gasteiger partial charge in [0.15, 0.2) is 0 Å². The SMILES string of the molecule is CC(C)C(C)CS. The molecule has 44 valence electrons. The predicted octanol–water partition coefficient (Wildman–Crippen LogP) is 2.21. The highest BCUT2D eigenvalue weighted by atomic mass is 32.1. The van der Waals surface area contributed by atoms with Gasteiger partial charge in [-0.1, -0.05) is 20.8 Å². The molecule has 0 aromatic rings. The minimum absolute atomic E-state index is 0.767. The maximum atomic E-state index is 4.15. The van der Waals surface area contributed by atoms with Gasteiger partial charge in [0.05, 0.1) is 0 Å². The van der Waals surface area contributed by atoms with Crippen molar-refractivity contribution in [2.75, 3.05) is 5.75 Å². The van der Waals surface area contributed by atoms with Gasteiger partial charge in [0, 0.05) is 0 Å². The van der Waals surface area contributed by atoms with Gasteiger partial charge in [-0.2, -0.15) is 12.6 Å². The molecule has 0 aromatic carbocycles. The van der Waals surface area contributed by atoms with Crippen molar-refractivity contribution in [2.24, 2.45) is 11.8 Å². The second-order valence-corrected chi connectivity index (χ2v) is 2.77. The van der Waals surface area contributed by atoms with Crippen molar-refractivity contribution < 1.29 is 0 Å². The molecule has 0 nitrogen and oxygen atoms in total. The lowest BCUT2D eigenvalue weighted by molar-refractivity contribution is 0.465. The highest BCUT2D eigenvalue weighted by Gasteiger charge is 2.01. The molecule has 0 fully saturated rings. The molecule has 0 aliphatic heterocycles. The lowest BCUT2D eigenvalue weighted by atomic mass is 10.0. The highest BCUT2D eigenvalue weighted by molar-refractivity contribution is 7.80. The number of hydrogen-bond acceptors (Lipinski definition) is 1. The predicted molar refractivity (Wildman–Crippen MR) is 37.9 cm³/mol. The molecule has 0 aliphatic rings. The summed E-state index contributed by atoms with van der Waals surface area (Å²) >= 11 is 4.15. The van der Waals surface area contributed by atoms with Crippen molar-refractivity contribution in [1.29, 1.82) is 0 Å². The van der Waals surface area contributed by atoms with Gasteiger partial charge >= 0.3 is 0 Å². The normalized spacial score (nSPS) is 15.0. The fourth-order valence-corrected chi connectivity index (χ4v) is 0.632. The summed E-state index contributed by atoms with van der Waals surface area (Å²) in [5.41, 5.74) is 0. The molecule has 0 radical (unpaired) electrons. The number of thiol groups is 1. The van der Waals surface area contributed by atoms with Crippen molar-refractivity contribution in [2.45, 2.75) is 20.8 Å². The van der Waals surface area contributed by atoms with E-state index in [9.17, 15) is 0 Å². The van der Waals surface area contributed by atoms with Gasteiger partial charge in [0.2, 0.25) is 0 Å². The fraction of sp³-hybridized carbons (Fsp3) is 1.00. The van der Waals surface area contributed by atoms with Crippen LogP contribution in [-0.2, 0) is 0 Å². The molecule has 0 saturated heterocycles. The Bertz CT molecular complexity index is 41.4. The molecule has 0 rings (SSSR count). The molecule has 1 unspecified atom stereocenters. The Morgan fingerprint density at radius 1 is 1.29 bits per heavy atom. The van der Waals surface area contributed by atoms with Crippen LogP contribution in [0.3, 0.4) is 0 Å². The van der Waals surface area contributed by atoms with E-state index in [1.807, 2.05) is 0 Å². The van der Waals surface area contributed by atoms with Gasteiger partial charge in [-0.25, -0.2) is 0 Å². The van der Waals surface area contributed by atoms with Crippen molar-refractivity contribution >= 4 is 12.6 Å². The molecule has 0 aliphatic carbocycles. The van der Waals surface area contributed by atoms with Crippen LogP contribution in [0.5, 0.6) is 0 Å². The monoisotopic (exact) mass is 118 g/mol. The van der Waals surface area contributed by atoms with Gasteiger partial charge in [-0.05, 0) is 17.6 Å². The molecule has 0 spiro atoms. The second-order valence-electron chi connectivity index (χ2n) is 2.40. The van der Waals surface area contributed by atoms with E-state index in [0.717, 1.165) is 17.6 Å². The Morgan fingerprint density at radius 3 is 1.71 bits per heavy atom. The third kappa shape index (κ3) is 2.98. The summed E-state index contributed by atoms with van der Waals surface area (Å²) in [6.07, 6.45) is 0. The largest absolute Gasteiger partial charge is 0.179 e. The fourth-order valence-electron chi connectivity index (χ4n) is 0.211. The van der Waals surface area contributed by atoms with Crippen LogP contribution < -0.4 is 0 Å². The lowest BCUT2D eigenvalue weighted by Gasteiger charge is -2.10. The zero-order valence-corrected chi connectivity index (χ0v) is 6.20. The topological polar surface area (TPSA) is 0 Å². The quantitative estimate of drug-likeness (QED) is 0.528. The third-order valence-corrected chi connectivity index (χ3v) is 2.00. The molecule has 1 atom stereocenters. The summed E-state index contributed by atoms with van der Waals surface area (Å²) in [6.45, 7) is 6.67. The van der Waals surface area contributed by atoms with Crippen LogP contribution in [0.25, 0.3) is 0 Å². The summed E-state index contributed by atoms with van der Waals surface area (Å²) in [7, 11) is 0. The van der Waals surface area contributed by atoms with Crippen LogP contribution in [0.1, 0.15) is 20.8 Å². The smallest absolute Gasteiger partial charge is 0.00697 e. The van der Waals surface area contributed by atoms with E-state index in [-0.39, 0.29) is 0 Å². The summed E-state index contributed by atoms with van der Waals surface area (Å²) in [5.74, 6) is 2.57. The van der Waals surface area contributed by atoms with Crippen LogP contribution in [0, 0.1) is 11.8 Å².